The summed E-state index contributed by atoms with van der Waals surface area (Å²) in [7, 11) is 1.76. The van der Waals surface area contributed by atoms with Gasteiger partial charge in [-0.2, -0.15) is 0 Å². The van der Waals surface area contributed by atoms with Crippen LogP contribution in [0.4, 0.5) is 0 Å². The number of ether oxygens (including phenoxy) is 1. The van der Waals surface area contributed by atoms with E-state index in [1.54, 1.807) is 13.2 Å². The van der Waals surface area contributed by atoms with Crippen LogP contribution >= 0.6 is 24.0 Å². The number of aromatic nitrogens is 2. The fraction of sp³-hybridized carbons (Fsp3) is 0.550. The third-order valence-electron chi connectivity index (χ3n) is 4.30. The monoisotopic (exact) mass is 501 g/mol. The predicted octanol–water partition coefficient (Wildman–Crippen LogP) is 3.86. The molecule has 0 bridgehead atoms. The fourth-order valence-corrected chi connectivity index (χ4v) is 2.71. The second-order valence-electron chi connectivity index (χ2n) is 6.19. The molecule has 0 saturated carbocycles. The number of nitrogens with zero attached hydrogens (tertiary/aromatic N) is 3. The number of guanidine groups is 1. The molecule has 2 N–H and O–H groups in total. The minimum absolute atomic E-state index is 0. The van der Waals surface area contributed by atoms with Crippen LogP contribution in [0.5, 0.6) is 5.88 Å². The Balaban J connectivity index is 0.00000392. The summed E-state index contributed by atoms with van der Waals surface area (Å²) < 4.78 is 11.2. The van der Waals surface area contributed by atoms with Crippen molar-refractivity contribution in [2.75, 3.05) is 13.7 Å². The Labute approximate surface area is 184 Å². The summed E-state index contributed by atoms with van der Waals surface area (Å²) >= 11 is 0. The first-order valence-corrected chi connectivity index (χ1v) is 9.70. The highest BCUT2D eigenvalue weighted by Crippen LogP contribution is 2.16. The summed E-state index contributed by atoms with van der Waals surface area (Å²) in [5, 5.41) is 10.8. The number of unbranched alkanes of at least 4 members (excludes halogenated alkanes) is 1. The largest absolute Gasteiger partial charge is 0.477 e. The molecule has 8 heteroatoms. The van der Waals surface area contributed by atoms with Crippen LogP contribution in [0.1, 0.15) is 56.2 Å². The molecule has 7 nitrogen and oxygen atoms in total. The van der Waals surface area contributed by atoms with Crippen molar-refractivity contribution in [3.8, 4) is 5.88 Å². The smallest absolute Gasteiger partial charge is 0.218 e. The number of hydrogen-bond donors (Lipinski definition) is 2. The van der Waals surface area contributed by atoms with Gasteiger partial charge in [-0.1, -0.05) is 38.4 Å². The summed E-state index contributed by atoms with van der Waals surface area (Å²) in [4.78, 5) is 8.64. The summed E-state index contributed by atoms with van der Waals surface area (Å²) in [6.45, 7) is 8.18. The first kappa shape index (κ1) is 24.2. The molecule has 2 aromatic rings. The van der Waals surface area contributed by atoms with Crippen LogP contribution in [0.2, 0.25) is 0 Å². The lowest BCUT2D eigenvalue weighted by Gasteiger charge is -2.14. The molecular formula is C20H32IN5O2. The summed E-state index contributed by atoms with van der Waals surface area (Å²) in [5.74, 6) is 2.31. The average molecular weight is 501 g/mol. The van der Waals surface area contributed by atoms with Gasteiger partial charge in [0.2, 0.25) is 5.88 Å². The highest BCUT2D eigenvalue weighted by Gasteiger charge is 2.14. The van der Waals surface area contributed by atoms with E-state index in [0.717, 1.165) is 48.3 Å². The van der Waals surface area contributed by atoms with E-state index in [2.05, 4.69) is 46.5 Å². The number of pyridine rings is 1. The van der Waals surface area contributed by atoms with Crippen molar-refractivity contribution >= 4 is 29.9 Å². The molecule has 2 rings (SSSR count). The Kier molecular flexibility index (Phi) is 11.5. The van der Waals surface area contributed by atoms with Gasteiger partial charge in [-0.05, 0) is 18.9 Å². The number of nitrogens with one attached hydrogen (secondary N) is 2. The zero-order chi connectivity index (χ0) is 19.5. The van der Waals surface area contributed by atoms with Gasteiger partial charge in [-0.15, -0.1) is 24.0 Å². The summed E-state index contributed by atoms with van der Waals surface area (Å²) in [6.07, 6.45) is 5.54. The van der Waals surface area contributed by atoms with Crippen molar-refractivity contribution in [3.05, 3.63) is 40.9 Å². The van der Waals surface area contributed by atoms with E-state index >= 15 is 0 Å². The minimum atomic E-state index is 0. The number of aryl methyl sites for hydroxylation is 2. The van der Waals surface area contributed by atoms with Crippen LogP contribution in [-0.4, -0.2) is 29.8 Å². The Morgan fingerprint density at radius 3 is 2.64 bits per heavy atom. The molecule has 2 aromatic heterocycles. The molecule has 0 aliphatic carbocycles. The van der Waals surface area contributed by atoms with E-state index in [9.17, 15) is 0 Å². The summed E-state index contributed by atoms with van der Waals surface area (Å²) in [6, 6.07) is 3.93. The highest BCUT2D eigenvalue weighted by atomic mass is 127. The third kappa shape index (κ3) is 6.96. The lowest BCUT2D eigenvalue weighted by Crippen LogP contribution is -2.36. The Morgan fingerprint density at radius 2 is 1.96 bits per heavy atom. The van der Waals surface area contributed by atoms with E-state index in [-0.39, 0.29) is 24.0 Å². The maximum atomic E-state index is 5.79. The lowest BCUT2D eigenvalue weighted by molar-refractivity contribution is 0.294. The molecule has 0 fully saturated rings. The van der Waals surface area contributed by atoms with Crippen LogP contribution < -0.4 is 15.4 Å². The Morgan fingerprint density at radius 1 is 1.18 bits per heavy atom. The molecule has 0 atom stereocenters. The van der Waals surface area contributed by atoms with E-state index in [0.29, 0.717) is 31.5 Å². The van der Waals surface area contributed by atoms with Gasteiger partial charge in [-0.3, -0.25) is 4.99 Å². The number of hydrogen-bond acceptors (Lipinski definition) is 5. The van der Waals surface area contributed by atoms with Gasteiger partial charge in [0.05, 0.1) is 12.3 Å². The quantitative estimate of drug-likeness (QED) is 0.223. The van der Waals surface area contributed by atoms with Crippen molar-refractivity contribution < 1.29 is 9.26 Å². The van der Waals surface area contributed by atoms with E-state index in [4.69, 9.17) is 9.26 Å². The zero-order valence-corrected chi connectivity index (χ0v) is 19.6. The molecule has 2 heterocycles. The van der Waals surface area contributed by atoms with Crippen molar-refractivity contribution in [3.63, 3.8) is 0 Å². The van der Waals surface area contributed by atoms with Crippen LogP contribution in [0.15, 0.2) is 27.8 Å². The van der Waals surface area contributed by atoms with Gasteiger partial charge in [-0.25, -0.2) is 4.98 Å². The Bertz CT molecular complexity index is 712. The van der Waals surface area contributed by atoms with Gasteiger partial charge >= 0.3 is 0 Å². The molecule has 28 heavy (non-hydrogen) atoms. The van der Waals surface area contributed by atoms with E-state index in [1.165, 1.54) is 0 Å². The number of rotatable bonds is 10. The first-order chi connectivity index (χ1) is 13.2. The predicted molar refractivity (Wildman–Crippen MR) is 122 cm³/mol. The molecule has 0 saturated heterocycles. The molecule has 0 aliphatic rings. The highest BCUT2D eigenvalue weighted by molar-refractivity contribution is 14.0. The standard InChI is InChI=1S/C20H31N5O2.HI/c1-5-8-12-26-19-15(10-9-11-22-19)13-23-20(21-4)24-14-16-17(6-2)25-27-18(16)7-3;/h9-11H,5-8,12-14H2,1-4H3,(H2,21,23,24);1H. The normalized spacial score (nSPS) is 11.1. The maximum Gasteiger partial charge on any atom is 0.218 e. The molecule has 0 radical (unpaired) electrons. The molecule has 0 aromatic carbocycles. The molecule has 0 unspecified atom stereocenters. The number of halogens is 1. The molecule has 0 amide bonds. The maximum absolute atomic E-state index is 5.79. The number of aliphatic imine (C=N–C) groups is 1. The van der Waals surface area contributed by atoms with Crippen molar-refractivity contribution in [1.82, 2.24) is 20.8 Å². The zero-order valence-electron chi connectivity index (χ0n) is 17.2. The minimum Gasteiger partial charge on any atom is -0.477 e. The summed E-state index contributed by atoms with van der Waals surface area (Å²) in [5.41, 5.74) is 3.12. The van der Waals surface area contributed by atoms with Gasteiger partial charge in [0.15, 0.2) is 5.96 Å². The lowest BCUT2D eigenvalue weighted by atomic mass is 10.1. The van der Waals surface area contributed by atoms with Gasteiger partial charge in [0, 0.05) is 43.9 Å². The van der Waals surface area contributed by atoms with Gasteiger partial charge in [0.1, 0.15) is 5.76 Å². The molecule has 0 aliphatic heterocycles. The van der Waals surface area contributed by atoms with E-state index in [1.807, 2.05) is 12.1 Å². The second kappa shape index (κ2) is 13.4. The van der Waals surface area contributed by atoms with Crippen LogP contribution in [0.25, 0.3) is 0 Å². The van der Waals surface area contributed by atoms with Crippen LogP contribution in [-0.2, 0) is 25.9 Å². The SMILES string of the molecule is CCCCOc1ncccc1CNC(=NC)NCc1c(CC)noc1CC.I. The Hall–Kier alpha value is -1.84. The second-order valence-corrected chi connectivity index (χ2v) is 6.19. The van der Waals surface area contributed by atoms with Crippen LogP contribution in [0.3, 0.4) is 0 Å². The van der Waals surface area contributed by atoms with Gasteiger partial charge in [0.25, 0.3) is 0 Å². The van der Waals surface area contributed by atoms with Crippen LogP contribution in [0, 0.1) is 0 Å². The average Bonchev–Trinajstić information content (AvgIpc) is 3.11. The fourth-order valence-electron chi connectivity index (χ4n) is 2.71. The topological polar surface area (TPSA) is 84.6 Å². The third-order valence-corrected chi connectivity index (χ3v) is 4.30. The van der Waals surface area contributed by atoms with Crippen molar-refractivity contribution in [1.29, 1.82) is 0 Å². The first-order valence-electron chi connectivity index (χ1n) is 9.70. The van der Waals surface area contributed by atoms with Crippen molar-refractivity contribution in [2.24, 2.45) is 4.99 Å². The van der Waals surface area contributed by atoms with Crippen molar-refractivity contribution in [2.45, 2.75) is 59.5 Å². The molecular weight excluding hydrogens is 469 g/mol. The van der Waals surface area contributed by atoms with E-state index < -0.39 is 0 Å². The molecule has 0 spiro atoms. The molecule has 156 valence electrons. The van der Waals surface area contributed by atoms with Gasteiger partial charge < -0.3 is 19.9 Å².